The van der Waals surface area contributed by atoms with E-state index in [-0.39, 0.29) is 23.4 Å². The first-order valence-corrected chi connectivity index (χ1v) is 4.52. The van der Waals surface area contributed by atoms with Crippen LogP contribution in [-0.2, 0) is 4.79 Å². The molecule has 0 bridgehead atoms. The highest BCUT2D eigenvalue weighted by molar-refractivity contribution is 5.82. The maximum absolute atomic E-state index is 11.4. The lowest BCUT2D eigenvalue weighted by Gasteiger charge is -2.18. The molecular weight excluding hydrogens is 152 g/mol. The minimum Gasteiger partial charge on any atom is -0.350 e. The predicted octanol–water partition coefficient (Wildman–Crippen LogP) is 0.638. The van der Waals surface area contributed by atoms with Crippen molar-refractivity contribution < 1.29 is 4.79 Å². The minimum absolute atomic E-state index is 0.00926. The second-order valence-electron chi connectivity index (χ2n) is 4.32. The maximum Gasteiger partial charge on any atom is 0.237 e. The molecule has 1 fully saturated rings. The number of carbonyl (C=O) groups excluding carboxylic acids is 1. The summed E-state index contributed by atoms with van der Waals surface area (Å²) in [5.74, 6) is 0.206. The van der Waals surface area contributed by atoms with Crippen molar-refractivity contribution in [2.45, 2.75) is 45.2 Å². The molecule has 0 heterocycles. The number of hydrogen-bond acceptors (Lipinski definition) is 2. The zero-order valence-electron chi connectivity index (χ0n) is 8.05. The summed E-state index contributed by atoms with van der Waals surface area (Å²) in [7, 11) is 0. The quantitative estimate of drug-likeness (QED) is 0.653. The second-order valence-corrected chi connectivity index (χ2v) is 4.32. The molecule has 12 heavy (non-hydrogen) atoms. The molecule has 1 amide bonds. The molecule has 0 aromatic carbocycles. The molecule has 0 spiro atoms. The summed E-state index contributed by atoms with van der Waals surface area (Å²) in [6.07, 6.45) is 2.17. The summed E-state index contributed by atoms with van der Waals surface area (Å²) < 4.78 is 0. The first kappa shape index (κ1) is 9.52. The Morgan fingerprint density at radius 3 is 2.33 bits per heavy atom. The highest BCUT2D eigenvalue weighted by Gasteiger charge is 2.39. The molecule has 0 aromatic heterocycles. The fourth-order valence-corrected chi connectivity index (χ4v) is 0.996. The van der Waals surface area contributed by atoms with Gasteiger partial charge in [0.05, 0.1) is 6.04 Å². The van der Waals surface area contributed by atoms with Crippen molar-refractivity contribution in [3.63, 3.8) is 0 Å². The molecule has 1 atom stereocenters. The Labute approximate surface area is 73.7 Å². The topological polar surface area (TPSA) is 55.1 Å². The summed E-state index contributed by atoms with van der Waals surface area (Å²) in [4.78, 5) is 11.4. The average Bonchev–Trinajstić information content (AvgIpc) is 2.66. The Balaban J connectivity index is 2.37. The van der Waals surface area contributed by atoms with Gasteiger partial charge in [0.15, 0.2) is 0 Å². The van der Waals surface area contributed by atoms with E-state index in [2.05, 4.69) is 12.2 Å². The van der Waals surface area contributed by atoms with E-state index in [1.807, 2.05) is 13.8 Å². The van der Waals surface area contributed by atoms with E-state index in [1.54, 1.807) is 0 Å². The van der Waals surface area contributed by atoms with E-state index in [0.29, 0.717) is 0 Å². The molecular formula is C9H18N2O. The molecule has 0 radical (unpaired) electrons. The molecule has 3 heteroatoms. The first-order chi connectivity index (χ1) is 5.44. The molecule has 1 aliphatic carbocycles. The lowest BCUT2D eigenvalue weighted by Crippen LogP contribution is -2.47. The third-order valence-electron chi connectivity index (χ3n) is 2.45. The van der Waals surface area contributed by atoms with Gasteiger partial charge in [-0.1, -0.05) is 13.8 Å². The van der Waals surface area contributed by atoms with Crippen molar-refractivity contribution in [2.24, 2.45) is 11.7 Å². The molecule has 1 aliphatic rings. The third kappa shape index (κ3) is 2.21. The normalized spacial score (nSPS) is 22.1. The van der Waals surface area contributed by atoms with Gasteiger partial charge in [-0.3, -0.25) is 4.79 Å². The molecule has 0 unspecified atom stereocenters. The Kier molecular flexibility index (Phi) is 2.42. The highest BCUT2D eigenvalue weighted by Crippen LogP contribution is 2.34. The molecule has 0 aliphatic heterocycles. The highest BCUT2D eigenvalue weighted by atomic mass is 16.2. The predicted molar refractivity (Wildman–Crippen MR) is 48.6 cm³/mol. The van der Waals surface area contributed by atoms with Gasteiger partial charge in [-0.15, -0.1) is 0 Å². The largest absolute Gasteiger partial charge is 0.350 e. The maximum atomic E-state index is 11.4. The van der Waals surface area contributed by atoms with Crippen LogP contribution in [0.3, 0.4) is 0 Å². The SMILES string of the molecule is CC(C)[C@@H](N)C(=O)NC1(C)CC1. The van der Waals surface area contributed by atoms with Gasteiger partial charge in [-0.25, -0.2) is 0 Å². The van der Waals surface area contributed by atoms with Crippen molar-refractivity contribution in [3.05, 3.63) is 0 Å². The van der Waals surface area contributed by atoms with Crippen LogP contribution in [0.5, 0.6) is 0 Å². The van der Waals surface area contributed by atoms with Crippen LogP contribution in [0.15, 0.2) is 0 Å². The minimum atomic E-state index is -0.359. The van der Waals surface area contributed by atoms with Gasteiger partial charge in [-0.05, 0) is 25.7 Å². The smallest absolute Gasteiger partial charge is 0.237 e. The van der Waals surface area contributed by atoms with Gasteiger partial charge in [0, 0.05) is 5.54 Å². The Hall–Kier alpha value is -0.570. The summed E-state index contributed by atoms with van der Waals surface area (Å²) in [6.45, 7) is 5.97. The van der Waals surface area contributed by atoms with Crippen LogP contribution in [0.25, 0.3) is 0 Å². The molecule has 0 saturated heterocycles. The summed E-state index contributed by atoms with van der Waals surface area (Å²) >= 11 is 0. The second kappa shape index (κ2) is 3.05. The molecule has 3 nitrogen and oxygen atoms in total. The van der Waals surface area contributed by atoms with Gasteiger partial charge in [0.1, 0.15) is 0 Å². The van der Waals surface area contributed by atoms with Gasteiger partial charge in [0.25, 0.3) is 0 Å². The van der Waals surface area contributed by atoms with Crippen LogP contribution in [0, 0.1) is 5.92 Å². The summed E-state index contributed by atoms with van der Waals surface area (Å²) in [5.41, 5.74) is 5.74. The number of rotatable bonds is 3. The summed E-state index contributed by atoms with van der Waals surface area (Å²) in [6, 6.07) is -0.359. The van der Waals surface area contributed by atoms with Crippen molar-refractivity contribution in [2.75, 3.05) is 0 Å². The Morgan fingerprint density at radius 1 is 1.50 bits per heavy atom. The lowest BCUT2D eigenvalue weighted by atomic mass is 10.0. The lowest BCUT2D eigenvalue weighted by molar-refractivity contribution is -0.124. The van der Waals surface area contributed by atoms with E-state index in [4.69, 9.17) is 5.73 Å². The van der Waals surface area contributed by atoms with E-state index < -0.39 is 0 Å². The average molecular weight is 170 g/mol. The number of nitrogens with two attached hydrogens (primary N) is 1. The number of carbonyl (C=O) groups is 1. The Bertz CT molecular complexity index is 185. The number of nitrogens with one attached hydrogen (secondary N) is 1. The van der Waals surface area contributed by atoms with Crippen LogP contribution in [-0.4, -0.2) is 17.5 Å². The standard InChI is InChI=1S/C9H18N2O/c1-6(2)7(10)8(12)11-9(3)4-5-9/h6-7H,4-5,10H2,1-3H3,(H,11,12)/t7-/m1/s1. The van der Waals surface area contributed by atoms with E-state index >= 15 is 0 Å². The van der Waals surface area contributed by atoms with Gasteiger partial charge in [0.2, 0.25) is 5.91 Å². The van der Waals surface area contributed by atoms with Crippen LogP contribution in [0.4, 0.5) is 0 Å². The number of amides is 1. The van der Waals surface area contributed by atoms with Gasteiger partial charge < -0.3 is 11.1 Å². The molecule has 70 valence electrons. The van der Waals surface area contributed by atoms with Gasteiger partial charge in [-0.2, -0.15) is 0 Å². The zero-order chi connectivity index (χ0) is 9.35. The third-order valence-corrected chi connectivity index (χ3v) is 2.45. The molecule has 1 rings (SSSR count). The fourth-order valence-electron chi connectivity index (χ4n) is 0.996. The van der Waals surface area contributed by atoms with E-state index in [0.717, 1.165) is 12.8 Å². The van der Waals surface area contributed by atoms with Crippen LogP contribution in [0.2, 0.25) is 0 Å². The van der Waals surface area contributed by atoms with Crippen LogP contribution >= 0.6 is 0 Å². The first-order valence-electron chi connectivity index (χ1n) is 4.52. The van der Waals surface area contributed by atoms with Crippen molar-refractivity contribution in [1.29, 1.82) is 0 Å². The fraction of sp³-hybridized carbons (Fsp3) is 0.889. The molecule has 0 aromatic rings. The van der Waals surface area contributed by atoms with Crippen molar-refractivity contribution >= 4 is 5.91 Å². The number of hydrogen-bond donors (Lipinski definition) is 2. The molecule has 1 saturated carbocycles. The van der Waals surface area contributed by atoms with Gasteiger partial charge >= 0.3 is 0 Å². The Morgan fingerprint density at radius 2 is 2.00 bits per heavy atom. The van der Waals surface area contributed by atoms with Crippen molar-refractivity contribution in [3.8, 4) is 0 Å². The monoisotopic (exact) mass is 170 g/mol. The zero-order valence-corrected chi connectivity index (χ0v) is 8.05. The van der Waals surface area contributed by atoms with Crippen LogP contribution in [0.1, 0.15) is 33.6 Å². The summed E-state index contributed by atoms with van der Waals surface area (Å²) in [5, 5.41) is 2.95. The van der Waals surface area contributed by atoms with E-state index in [1.165, 1.54) is 0 Å². The van der Waals surface area contributed by atoms with Crippen LogP contribution < -0.4 is 11.1 Å². The van der Waals surface area contributed by atoms with Crippen molar-refractivity contribution in [1.82, 2.24) is 5.32 Å². The molecule has 3 N–H and O–H groups in total. The van der Waals surface area contributed by atoms with E-state index in [9.17, 15) is 4.79 Å².